The SMILES string of the molecule is Cc1[nH]c(/C=C2\C(=O)Nc3cccc(-c4c(F)cccc4F)c32)c(C)c1C(=O)O. The third-order valence-corrected chi connectivity index (χ3v) is 5.04. The Hall–Kier alpha value is -3.74. The molecular formula is C22H16F2N2O3. The van der Waals surface area contributed by atoms with E-state index in [0.29, 0.717) is 28.2 Å². The normalized spacial score (nSPS) is 14.2. The van der Waals surface area contributed by atoms with E-state index < -0.39 is 23.5 Å². The molecule has 1 amide bonds. The largest absolute Gasteiger partial charge is 0.478 e. The number of carbonyl (C=O) groups excluding carboxylic acids is 1. The number of carboxylic acid groups (broad SMARTS) is 1. The van der Waals surface area contributed by atoms with Gasteiger partial charge in [0.2, 0.25) is 0 Å². The van der Waals surface area contributed by atoms with Crippen LogP contribution in [0.15, 0.2) is 36.4 Å². The first kappa shape index (κ1) is 18.6. The van der Waals surface area contributed by atoms with Crippen molar-refractivity contribution in [3.63, 3.8) is 0 Å². The van der Waals surface area contributed by atoms with E-state index in [1.807, 2.05) is 0 Å². The zero-order valence-electron chi connectivity index (χ0n) is 15.6. The molecule has 1 aliphatic rings. The molecule has 7 heteroatoms. The lowest BCUT2D eigenvalue weighted by Gasteiger charge is -2.10. The molecule has 0 radical (unpaired) electrons. The Balaban J connectivity index is 1.96. The van der Waals surface area contributed by atoms with E-state index in [0.717, 1.165) is 12.1 Å². The molecule has 0 spiro atoms. The van der Waals surface area contributed by atoms with Gasteiger partial charge in [-0.2, -0.15) is 0 Å². The smallest absolute Gasteiger partial charge is 0.337 e. The highest BCUT2D eigenvalue weighted by Gasteiger charge is 2.30. The van der Waals surface area contributed by atoms with E-state index in [1.165, 1.54) is 12.1 Å². The van der Waals surface area contributed by atoms with Gasteiger partial charge in [0.05, 0.1) is 16.7 Å². The standard InChI is InChI=1S/C22H16F2N2O3/c1-10-17(25-11(2)18(10)22(28)29)9-13-19-12(5-3-8-16(19)26-21(13)27)20-14(23)6-4-7-15(20)24/h3-9,25H,1-2H3,(H,26,27)(H,28,29)/b13-9-. The first-order valence-corrected chi connectivity index (χ1v) is 8.83. The number of aryl methyl sites for hydroxylation is 1. The minimum absolute atomic E-state index is 0.129. The van der Waals surface area contributed by atoms with Gasteiger partial charge in [-0.05, 0) is 49.2 Å². The summed E-state index contributed by atoms with van der Waals surface area (Å²) in [5, 5.41) is 12.1. The van der Waals surface area contributed by atoms with Gasteiger partial charge in [-0.15, -0.1) is 0 Å². The molecule has 0 fully saturated rings. The Labute approximate surface area is 164 Å². The van der Waals surface area contributed by atoms with E-state index in [-0.39, 0.29) is 22.3 Å². The van der Waals surface area contributed by atoms with Gasteiger partial charge in [0, 0.05) is 22.6 Å². The summed E-state index contributed by atoms with van der Waals surface area (Å²) >= 11 is 0. The van der Waals surface area contributed by atoms with Gasteiger partial charge in [-0.3, -0.25) is 4.79 Å². The predicted molar refractivity (Wildman–Crippen MR) is 106 cm³/mol. The molecule has 0 unspecified atom stereocenters. The third-order valence-electron chi connectivity index (χ3n) is 5.04. The number of carboxylic acids is 1. The van der Waals surface area contributed by atoms with Crippen molar-refractivity contribution in [2.24, 2.45) is 0 Å². The minimum Gasteiger partial charge on any atom is -0.478 e. The zero-order valence-corrected chi connectivity index (χ0v) is 15.6. The van der Waals surface area contributed by atoms with Crippen LogP contribution in [0, 0.1) is 25.5 Å². The minimum atomic E-state index is -1.08. The second-order valence-corrected chi connectivity index (χ2v) is 6.81. The summed E-state index contributed by atoms with van der Waals surface area (Å²) < 4.78 is 28.9. The van der Waals surface area contributed by atoms with Crippen molar-refractivity contribution in [2.45, 2.75) is 13.8 Å². The van der Waals surface area contributed by atoms with E-state index in [4.69, 9.17) is 0 Å². The van der Waals surface area contributed by atoms with Crippen LogP contribution >= 0.6 is 0 Å². The molecule has 2 heterocycles. The number of amides is 1. The summed E-state index contributed by atoms with van der Waals surface area (Å²) in [6.45, 7) is 3.26. The molecular weight excluding hydrogens is 378 g/mol. The summed E-state index contributed by atoms with van der Waals surface area (Å²) in [5.41, 5.74) is 2.50. The molecule has 29 heavy (non-hydrogen) atoms. The van der Waals surface area contributed by atoms with Crippen LogP contribution in [0.2, 0.25) is 0 Å². The number of hydrogen-bond donors (Lipinski definition) is 3. The topological polar surface area (TPSA) is 82.2 Å². The summed E-state index contributed by atoms with van der Waals surface area (Å²) in [7, 11) is 0. The van der Waals surface area contributed by atoms with Gasteiger partial charge in [0.1, 0.15) is 11.6 Å². The number of nitrogens with one attached hydrogen (secondary N) is 2. The molecule has 2 aromatic carbocycles. The molecule has 3 aromatic rings. The number of carbonyl (C=O) groups is 2. The van der Waals surface area contributed by atoms with Crippen molar-refractivity contribution < 1.29 is 23.5 Å². The number of H-pyrrole nitrogens is 1. The van der Waals surface area contributed by atoms with Gasteiger partial charge in [0.25, 0.3) is 5.91 Å². The number of hydrogen-bond acceptors (Lipinski definition) is 2. The fourth-order valence-corrected chi connectivity index (χ4v) is 3.73. The van der Waals surface area contributed by atoms with Crippen LogP contribution in [0.1, 0.15) is 32.9 Å². The molecule has 4 rings (SSSR count). The van der Waals surface area contributed by atoms with Gasteiger partial charge >= 0.3 is 5.97 Å². The Morgan fingerprint density at radius 1 is 1.03 bits per heavy atom. The van der Waals surface area contributed by atoms with Gasteiger partial charge in [-0.25, -0.2) is 13.6 Å². The summed E-state index contributed by atoms with van der Waals surface area (Å²) in [6.07, 6.45) is 1.51. The number of aromatic carboxylic acids is 1. The van der Waals surface area contributed by atoms with E-state index in [9.17, 15) is 23.5 Å². The summed E-state index contributed by atoms with van der Waals surface area (Å²) in [4.78, 5) is 27.1. The first-order valence-electron chi connectivity index (χ1n) is 8.83. The Morgan fingerprint density at radius 3 is 2.31 bits per heavy atom. The fourth-order valence-electron chi connectivity index (χ4n) is 3.73. The molecule has 146 valence electrons. The van der Waals surface area contributed by atoms with Crippen LogP contribution in [0.25, 0.3) is 22.8 Å². The van der Waals surface area contributed by atoms with Crippen molar-refractivity contribution in [3.05, 3.63) is 76.1 Å². The second-order valence-electron chi connectivity index (χ2n) is 6.81. The monoisotopic (exact) mass is 394 g/mol. The van der Waals surface area contributed by atoms with E-state index in [1.54, 1.807) is 32.0 Å². The number of benzene rings is 2. The second kappa shape index (κ2) is 6.70. The van der Waals surface area contributed by atoms with Gasteiger partial charge in [0.15, 0.2) is 0 Å². The van der Waals surface area contributed by atoms with Gasteiger partial charge < -0.3 is 15.4 Å². The highest BCUT2D eigenvalue weighted by atomic mass is 19.1. The average Bonchev–Trinajstić information content (AvgIpc) is 3.11. The van der Waals surface area contributed by atoms with Crippen LogP contribution in [0.5, 0.6) is 0 Å². The van der Waals surface area contributed by atoms with Crippen molar-refractivity contribution >= 4 is 29.2 Å². The van der Waals surface area contributed by atoms with Crippen LogP contribution in [0.4, 0.5) is 14.5 Å². The number of anilines is 1. The summed E-state index contributed by atoms with van der Waals surface area (Å²) in [5.74, 6) is -2.99. The van der Waals surface area contributed by atoms with Crippen LogP contribution in [0.3, 0.4) is 0 Å². The molecule has 0 saturated carbocycles. The average molecular weight is 394 g/mol. The zero-order chi connectivity index (χ0) is 20.9. The molecule has 0 saturated heterocycles. The molecule has 5 nitrogen and oxygen atoms in total. The maximum Gasteiger partial charge on any atom is 0.337 e. The molecule has 0 bridgehead atoms. The van der Waals surface area contributed by atoms with Crippen molar-refractivity contribution in [1.82, 2.24) is 4.98 Å². The van der Waals surface area contributed by atoms with Crippen molar-refractivity contribution in [2.75, 3.05) is 5.32 Å². The van der Waals surface area contributed by atoms with Crippen molar-refractivity contribution in [1.29, 1.82) is 0 Å². The van der Waals surface area contributed by atoms with Crippen LogP contribution < -0.4 is 5.32 Å². The highest BCUT2D eigenvalue weighted by Crippen LogP contribution is 2.42. The van der Waals surface area contributed by atoms with Crippen LogP contribution in [-0.2, 0) is 4.79 Å². The lowest BCUT2D eigenvalue weighted by molar-refractivity contribution is -0.110. The number of rotatable bonds is 3. The molecule has 1 aromatic heterocycles. The lowest BCUT2D eigenvalue weighted by atomic mass is 9.93. The molecule has 3 N–H and O–H groups in total. The highest BCUT2D eigenvalue weighted by molar-refractivity contribution is 6.36. The fraction of sp³-hybridized carbons (Fsp3) is 0.0909. The predicted octanol–water partition coefficient (Wildman–Crippen LogP) is 4.77. The number of halogens is 2. The van der Waals surface area contributed by atoms with E-state index >= 15 is 0 Å². The third kappa shape index (κ3) is 2.91. The van der Waals surface area contributed by atoms with E-state index in [2.05, 4.69) is 10.3 Å². The maximum atomic E-state index is 14.4. The lowest BCUT2D eigenvalue weighted by Crippen LogP contribution is -2.04. The molecule has 0 atom stereocenters. The Kier molecular flexibility index (Phi) is 4.30. The van der Waals surface area contributed by atoms with Gasteiger partial charge in [-0.1, -0.05) is 18.2 Å². The number of aromatic nitrogens is 1. The van der Waals surface area contributed by atoms with Crippen molar-refractivity contribution in [3.8, 4) is 11.1 Å². The van der Waals surface area contributed by atoms with Crippen LogP contribution in [-0.4, -0.2) is 22.0 Å². The first-order chi connectivity index (χ1) is 13.8. The molecule has 0 aliphatic carbocycles. The maximum absolute atomic E-state index is 14.4. The number of aromatic amines is 1. The Morgan fingerprint density at radius 2 is 1.69 bits per heavy atom. The summed E-state index contributed by atoms with van der Waals surface area (Å²) in [6, 6.07) is 8.38. The Bertz CT molecular complexity index is 1200. The quantitative estimate of drug-likeness (QED) is 0.560. The molecule has 1 aliphatic heterocycles. The number of fused-ring (bicyclic) bond motifs is 1.